The molecule has 2 heterocycles. The molecule has 0 saturated carbocycles. The summed E-state index contributed by atoms with van der Waals surface area (Å²) in [4.78, 5) is 0.491. The van der Waals surface area contributed by atoms with Gasteiger partial charge in [0, 0.05) is 26.2 Å². The lowest BCUT2D eigenvalue weighted by molar-refractivity contribution is 0.453. The van der Waals surface area contributed by atoms with E-state index in [1.807, 2.05) is 12.1 Å². The van der Waals surface area contributed by atoms with Crippen LogP contribution >= 0.6 is 0 Å². The van der Waals surface area contributed by atoms with Crippen LogP contribution in [0.1, 0.15) is 42.2 Å². The number of piperidine rings is 1. The maximum atomic E-state index is 12.6. The highest BCUT2D eigenvalue weighted by molar-refractivity contribution is 7.89. The van der Waals surface area contributed by atoms with E-state index in [0.29, 0.717) is 29.8 Å². The van der Waals surface area contributed by atoms with Gasteiger partial charge in [0.05, 0.1) is 4.90 Å². The number of hydrogen-bond acceptors (Lipinski definition) is 3. The monoisotopic (exact) mass is 292 g/mol. The summed E-state index contributed by atoms with van der Waals surface area (Å²) in [6.45, 7) is 3.36. The average molecular weight is 292 g/mol. The van der Waals surface area contributed by atoms with Gasteiger partial charge in [-0.25, -0.2) is 8.42 Å². The number of hydrogen-bond donors (Lipinski definition) is 1. The summed E-state index contributed by atoms with van der Waals surface area (Å²) in [5.41, 5.74) is 2.63. The van der Waals surface area contributed by atoms with Crippen LogP contribution < -0.4 is 5.32 Å². The Morgan fingerprint density at radius 1 is 1.05 bits per heavy atom. The molecule has 2 unspecified atom stereocenters. The van der Waals surface area contributed by atoms with Crippen LogP contribution in [0, 0.1) is 0 Å². The number of rotatable bonds is 2. The van der Waals surface area contributed by atoms with Crippen LogP contribution in [-0.2, 0) is 10.0 Å². The first kappa shape index (κ1) is 12.8. The normalized spacial score (nSPS) is 29.6. The Hall–Kier alpha value is -0.910. The minimum Gasteiger partial charge on any atom is -0.316 e. The van der Waals surface area contributed by atoms with E-state index in [-0.39, 0.29) is 0 Å². The van der Waals surface area contributed by atoms with Gasteiger partial charge in [0.15, 0.2) is 0 Å². The fourth-order valence-electron chi connectivity index (χ4n) is 3.93. The van der Waals surface area contributed by atoms with Gasteiger partial charge < -0.3 is 5.32 Å². The summed E-state index contributed by atoms with van der Waals surface area (Å²) in [6, 6.07) is 5.81. The highest BCUT2D eigenvalue weighted by Crippen LogP contribution is 2.44. The van der Waals surface area contributed by atoms with Crippen molar-refractivity contribution in [1.82, 2.24) is 9.62 Å². The molecule has 3 aliphatic rings. The number of nitrogens with zero attached hydrogens (tertiary/aromatic N) is 1. The zero-order valence-corrected chi connectivity index (χ0v) is 12.3. The molecule has 2 bridgehead atoms. The zero-order valence-electron chi connectivity index (χ0n) is 11.5. The minimum absolute atomic E-state index is 0.491. The molecule has 1 aliphatic carbocycles. The van der Waals surface area contributed by atoms with Crippen LogP contribution in [0.5, 0.6) is 0 Å². The Balaban J connectivity index is 1.74. The molecule has 0 spiro atoms. The van der Waals surface area contributed by atoms with Crippen molar-refractivity contribution < 1.29 is 8.42 Å². The topological polar surface area (TPSA) is 49.4 Å². The number of benzene rings is 1. The van der Waals surface area contributed by atoms with E-state index in [0.717, 1.165) is 25.9 Å². The van der Waals surface area contributed by atoms with Gasteiger partial charge in [0.1, 0.15) is 0 Å². The van der Waals surface area contributed by atoms with Gasteiger partial charge in [0.25, 0.3) is 0 Å². The predicted octanol–water partition coefficient (Wildman–Crippen LogP) is 1.65. The van der Waals surface area contributed by atoms with E-state index in [4.69, 9.17) is 0 Å². The largest absolute Gasteiger partial charge is 0.316 e. The Bertz CT molecular complexity index is 635. The van der Waals surface area contributed by atoms with Gasteiger partial charge in [-0.1, -0.05) is 6.07 Å². The fraction of sp³-hybridized carbons (Fsp3) is 0.600. The van der Waals surface area contributed by atoms with Crippen molar-refractivity contribution >= 4 is 10.0 Å². The second kappa shape index (κ2) is 4.55. The molecule has 1 aromatic rings. The molecule has 2 atom stereocenters. The molecule has 0 radical (unpaired) electrons. The van der Waals surface area contributed by atoms with Crippen LogP contribution in [0.2, 0.25) is 0 Å². The minimum atomic E-state index is -3.28. The van der Waals surface area contributed by atoms with Crippen LogP contribution in [0.25, 0.3) is 0 Å². The molecule has 108 valence electrons. The summed E-state index contributed by atoms with van der Waals surface area (Å²) >= 11 is 0. The average Bonchev–Trinajstić information content (AvgIpc) is 3.08. The summed E-state index contributed by atoms with van der Waals surface area (Å²) in [5.74, 6) is 1.07. The molecule has 2 aliphatic heterocycles. The molecule has 2 saturated heterocycles. The van der Waals surface area contributed by atoms with Gasteiger partial charge in [-0.05, 0) is 54.4 Å². The summed E-state index contributed by atoms with van der Waals surface area (Å²) in [7, 11) is -3.28. The quantitative estimate of drug-likeness (QED) is 0.901. The van der Waals surface area contributed by atoms with Crippen LogP contribution in [-0.4, -0.2) is 38.9 Å². The van der Waals surface area contributed by atoms with Crippen LogP contribution in [0.3, 0.4) is 0 Å². The summed E-state index contributed by atoms with van der Waals surface area (Å²) < 4.78 is 26.9. The van der Waals surface area contributed by atoms with Crippen LogP contribution in [0.4, 0.5) is 0 Å². The van der Waals surface area contributed by atoms with Gasteiger partial charge >= 0.3 is 0 Å². The standard InChI is InChI=1S/C15H20N2O2S/c18-20(19,17-5-1-2-6-17)13-3-4-14-11-7-12(10-16-9-11)15(14)8-13/h3-4,8,11-12,16H,1-2,5-7,9-10H2. The second-order valence-electron chi connectivity index (χ2n) is 6.19. The Labute approximate surface area is 120 Å². The molecular formula is C15H20N2O2S. The number of nitrogens with one attached hydrogen (secondary N) is 1. The number of sulfonamides is 1. The third-order valence-corrected chi connectivity index (χ3v) is 6.89. The molecule has 4 rings (SSSR count). The first-order chi connectivity index (χ1) is 9.66. The van der Waals surface area contributed by atoms with E-state index in [1.165, 1.54) is 17.5 Å². The van der Waals surface area contributed by atoms with Crippen molar-refractivity contribution in [2.24, 2.45) is 0 Å². The summed E-state index contributed by atoms with van der Waals surface area (Å²) in [6.07, 6.45) is 3.15. The zero-order chi connectivity index (χ0) is 13.7. The van der Waals surface area contributed by atoms with Crippen molar-refractivity contribution in [3.05, 3.63) is 29.3 Å². The van der Waals surface area contributed by atoms with Crippen LogP contribution in [0.15, 0.2) is 23.1 Å². The third-order valence-electron chi connectivity index (χ3n) is 4.99. The molecule has 5 heteroatoms. The third kappa shape index (κ3) is 1.84. The van der Waals surface area contributed by atoms with E-state index in [2.05, 4.69) is 11.4 Å². The highest BCUT2D eigenvalue weighted by atomic mass is 32.2. The lowest BCUT2D eigenvalue weighted by atomic mass is 9.98. The number of fused-ring (bicyclic) bond motifs is 5. The highest BCUT2D eigenvalue weighted by Gasteiger charge is 2.36. The first-order valence-electron chi connectivity index (χ1n) is 7.51. The molecule has 0 amide bonds. The SMILES string of the molecule is O=S(=O)(c1ccc2c(c1)C1CNCC2C1)N1CCCC1. The Morgan fingerprint density at radius 2 is 1.75 bits per heavy atom. The second-order valence-corrected chi connectivity index (χ2v) is 8.13. The van der Waals surface area contributed by atoms with Crippen molar-refractivity contribution in [3.63, 3.8) is 0 Å². The van der Waals surface area contributed by atoms with E-state index in [9.17, 15) is 8.42 Å². The Morgan fingerprint density at radius 3 is 2.50 bits per heavy atom. The smallest absolute Gasteiger partial charge is 0.243 e. The van der Waals surface area contributed by atoms with Gasteiger partial charge in [-0.15, -0.1) is 0 Å². The predicted molar refractivity (Wildman–Crippen MR) is 77.4 cm³/mol. The molecule has 4 nitrogen and oxygen atoms in total. The maximum Gasteiger partial charge on any atom is 0.243 e. The first-order valence-corrected chi connectivity index (χ1v) is 8.95. The molecule has 1 aromatic carbocycles. The van der Waals surface area contributed by atoms with Gasteiger partial charge in [-0.2, -0.15) is 4.31 Å². The molecule has 20 heavy (non-hydrogen) atoms. The van der Waals surface area contributed by atoms with E-state index < -0.39 is 10.0 Å². The maximum absolute atomic E-state index is 12.6. The Kier molecular flexibility index (Phi) is 2.91. The molecule has 0 aromatic heterocycles. The lowest BCUT2D eigenvalue weighted by Gasteiger charge is -2.19. The lowest BCUT2D eigenvalue weighted by Crippen LogP contribution is -2.28. The van der Waals surface area contributed by atoms with Crippen molar-refractivity contribution in [1.29, 1.82) is 0 Å². The van der Waals surface area contributed by atoms with Crippen molar-refractivity contribution in [2.75, 3.05) is 26.2 Å². The summed E-state index contributed by atoms with van der Waals surface area (Å²) in [5, 5.41) is 3.45. The van der Waals surface area contributed by atoms with E-state index in [1.54, 1.807) is 4.31 Å². The van der Waals surface area contributed by atoms with Crippen molar-refractivity contribution in [2.45, 2.75) is 36.0 Å². The van der Waals surface area contributed by atoms with Gasteiger partial charge in [-0.3, -0.25) is 0 Å². The molecular weight excluding hydrogens is 272 g/mol. The molecule has 2 fully saturated rings. The van der Waals surface area contributed by atoms with E-state index >= 15 is 0 Å². The van der Waals surface area contributed by atoms with Crippen molar-refractivity contribution in [3.8, 4) is 0 Å². The molecule has 1 N–H and O–H groups in total. The van der Waals surface area contributed by atoms with Gasteiger partial charge in [0.2, 0.25) is 10.0 Å². The fourth-order valence-corrected chi connectivity index (χ4v) is 5.48.